The lowest BCUT2D eigenvalue weighted by molar-refractivity contribution is -0.0781. The third kappa shape index (κ3) is 2.23. The van der Waals surface area contributed by atoms with Gasteiger partial charge < -0.3 is 4.74 Å². The van der Waals surface area contributed by atoms with Crippen LogP contribution in [0.3, 0.4) is 0 Å². The first-order valence-electron chi connectivity index (χ1n) is 6.88. The van der Waals surface area contributed by atoms with Crippen LogP contribution in [0.15, 0.2) is 0 Å². The lowest BCUT2D eigenvalue weighted by atomic mass is 9.90. The number of aldehydes is 1. The van der Waals surface area contributed by atoms with Crippen molar-refractivity contribution in [3.63, 3.8) is 0 Å². The Kier molecular flexibility index (Phi) is 3.43. The van der Waals surface area contributed by atoms with Crippen molar-refractivity contribution in [2.24, 2.45) is 0 Å². The van der Waals surface area contributed by atoms with Gasteiger partial charge in [-0.2, -0.15) is 16.9 Å². The number of nitrogens with zero attached hydrogens (tertiary/aromatic N) is 2. The lowest BCUT2D eigenvalue weighted by Gasteiger charge is -2.38. The maximum atomic E-state index is 11.1. The summed E-state index contributed by atoms with van der Waals surface area (Å²) in [7, 11) is 0. The van der Waals surface area contributed by atoms with Crippen molar-refractivity contribution in [1.29, 1.82) is 0 Å². The third-order valence-corrected chi connectivity index (χ3v) is 5.60. The molecule has 0 aromatic carbocycles. The van der Waals surface area contributed by atoms with E-state index >= 15 is 0 Å². The number of hydrogen-bond acceptors (Lipinski definition) is 4. The number of aryl methyl sites for hydroxylation is 1. The van der Waals surface area contributed by atoms with Crippen LogP contribution in [0.1, 0.15) is 47.1 Å². The molecule has 1 aromatic rings. The highest BCUT2D eigenvalue weighted by Gasteiger charge is 2.41. The fourth-order valence-electron chi connectivity index (χ4n) is 3.28. The molecule has 0 aliphatic carbocycles. The predicted molar refractivity (Wildman–Crippen MR) is 76.0 cm³/mol. The molecule has 0 bridgehead atoms. The van der Waals surface area contributed by atoms with E-state index in [1.807, 2.05) is 25.6 Å². The normalized spacial score (nSPS) is 30.9. The Balaban J connectivity index is 1.87. The number of thioether (sulfide) groups is 1. The monoisotopic (exact) mass is 280 g/mol. The largest absolute Gasteiger partial charge is 0.374 e. The quantitative estimate of drug-likeness (QED) is 0.781. The molecule has 19 heavy (non-hydrogen) atoms. The molecular weight excluding hydrogens is 260 g/mol. The van der Waals surface area contributed by atoms with Gasteiger partial charge >= 0.3 is 0 Å². The molecule has 2 aliphatic rings. The van der Waals surface area contributed by atoms with Crippen LogP contribution in [-0.2, 0) is 4.74 Å². The van der Waals surface area contributed by atoms with Crippen molar-refractivity contribution in [2.75, 3.05) is 18.1 Å². The molecule has 2 atom stereocenters. The van der Waals surface area contributed by atoms with Gasteiger partial charge in [0.15, 0.2) is 6.29 Å². The zero-order valence-electron chi connectivity index (χ0n) is 11.5. The summed E-state index contributed by atoms with van der Waals surface area (Å²) >= 11 is 1.98. The molecule has 1 aromatic heterocycles. The molecule has 2 aliphatic heterocycles. The molecule has 0 amide bonds. The first-order chi connectivity index (χ1) is 9.15. The zero-order chi connectivity index (χ0) is 13.5. The molecule has 0 saturated carbocycles. The average Bonchev–Trinajstić information content (AvgIpc) is 2.95. The fraction of sp³-hybridized carbons (Fsp3) is 0.714. The zero-order valence-corrected chi connectivity index (χ0v) is 12.3. The number of ether oxygens (including phenoxy) is 1. The second kappa shape index (κ2) is 4.94. The molecule has 2 unspecified atom stereocenters. The van der Waals surface area contributed by atoms with E-state index in [4.69, 9.17) is 4.74 Å². The van der Waals surface area contributed by atoms with Crippen molar-refractivity contribution >= 4 is 18.0 Å². The van der Waals surface area contributed by atoms with Gasteiger partial charge in [-0.3, -0.25) is 9.48 Å². The SMILES string of the molecule is Cc1nn(C2CCOC3(CCSC3)C2)c(C)c1C=O. The summed E-state index contributed by atoms with van der Waals surface area (Å²) in [6, 6.07) is 0.375. The molecule has 2 saturated heterocycles. The van der Waals surface area contributed by atoms with Gasteiger partial charge in [0.05, 0.1) is 22.9 Å². The second-order valence-electron chi connectivity index (χ2n) is 5.63. The average molecular weight is 280 g/mol. The van der Waals surface area contributed by atoms with Gasteiger partial charge in [-0.25, -0.2) is 0 Å². The smallest absolute Gasteiger partial charge is 0.153 e. The summed E-state index contributed by atoms with van der Waals surface area (Å²) in [5, 5.41) is 4.58. The molecule has 3 heterocycles. The van der Waals surface area contributed by atoms with Gasteiger partial charge in [0.25, 0.3) is 0 Å². The number of hydrogen-bond donors (Lipinski definition) is 0. The van der Waals surface area contributed by atoms with Crippen LogP contribution in [0.25, 0.3) is 0 Å². The van der Waals surface area contributed by atoms with Gasteiger partial charge in [-0.1, -0.05) is 0 Å². The van der Waals surface area contributed by atoms with Crippen LogP contribution in [0.2, 0.25) is 0 Å². The van der Waals surface area contributed by atoms with Crippen LogP contribution in [0.5, 0.6) is 0 Å². The van der Waals surface area contributed by atoms with Gasteiger partial charge in [0.1, 0.15) is 0 Å². The summed E-state index contributed by atoms with van der Waals surface area (Å²) in [6.45, 7) is 4.71. The Hall–Kier alpha value is -0.810. The second-order valence-corrected chi connectivity index (χ2v) is 6.73. The van der Waals surface area contributed by atoms with Crippen LogP contribution in [-0.4, -0.2) is 39.8 Å². The standard InChI is InChI=1S/C14H20N2O2S/c1-10-13(8-17)11(2)16(15-10)12-3-5-18-14(7-12)4-6-19-9-14/h8,12H,3-7,9H2,1-2H3. The van der Waals surface area contributed by atoms with Crippen molar-refractivity contribution in [2.45, 2.75) is 44.8 Å². The van der Waals surface area contributed by atoms with E-state index in [9.17, 15) is 4.79 Å². The number of carbonyl (C=O) groups excluding carboxylic acids is 1. The van der Waals surface area contributed by atoms with Crippen LogP contribution in [0.4, 0.5) is 0 Å². The maximum Gasteiger partial charge on any atom is 0.153 e. The first kappa shape index (κ1) is 13.2. The van der Waals surface area contributed by atoms with Crippen molar-refractivity contribution in [3.05, 3.63) is 17.0 Å². The van der Waals surface area contributed by atoms with Crippen molar-refractivity contribution in [3.8, 4) is 0 Å². The Labute approximate surface area is 117 Å². The van der Waals surface area contributed by atoms with E-state index < -0.39 is 0 Å². The molecule has 5 heteroatoms. The van der Waals surface area contributed by atoms with E-state index in [1.165, 1.54) is 5.75 Å². The van der Waals surface area contributed by atoms with Gasteiger partial charge in [-0.05, 0) is 38.9 Å². The van der Waals surface area contributed by atoms with Crippen molar-refractivity contribution in [1.82, 2.24) is 9.78 Å². The minimum Gasteiger partial charge on any atom is -0.374 e. The topological polar surface area (TPSA) is 44.1 Å². The summed E-state index contributed by atoms with van der Waals surface area (Å²) in [5.41, 5.74) is 2.65. The van der Waals surface area contributed by atoms with E-state index in [0.717, 1.165) is 54.9 Å². The molecule has 1 spiro atoms. The molecule has 0 N–H and O–H groups in total. The van der Waals surface area contributed by atoms with Crippen molar-refractivity contribution < 1.29 is 9.53 Å². The fourth-order valence-corrected chi connectivity index (χ4v) is 4.65. The Morgan fingerprint density at radius 3 is 3.00 bits per heavy atom. The Morgan fingerprint density at radius 1 is 1.53 bits per heavy atom. The van der Waals surface area contributed by atoms with Crippen LogP contribution < -0.4 is 0 Å². The number of aromatic nitrogens is 2. The first-order valence-corrected chi connectivity index (χ1v) is 8.03. The Bertz CT molecular complexity index is 492. The summed E-state index contributed by atoms with van der Waals surface area (Å²) in [4.78, 5) is 11.1. The molecule has 3 rings (SSSR count). The maximum absolute atomic E-state index is 11.1. The predicted octanol–water partition coefficient (Wildman–Crippen LogP) is 2.54. The molecule has 0 radical (unpaired) electrons. The lowest BCUT2D eigenvalue weighted by Crippen LogP contribution is -2.41. The summed E-state index contributed by atoms with van der Waals surface area (Å²) < 4.78 is 8.11. The van der Waals surface area contributed by atoms with Gasteiger partial charge in [0, 0.05) is 18.1 Å². The summed E-state index contributed by atoms with van der Waals surface area (Å²) in [5.74, 6) is 2.30. The van der Waals surface area contributed by atoms with Gasteiger partial charge in [0.2, 0.25) is 0 Å². The number of rotatable bonds is 2. The van der Waals surface area contributed by atoms with Crippen LogP contribution >= 0.6 is 11.8 Å². The molecule has 104 valence electrons. The molecular formula is C14H20N2O2S. The van der Waals surface area contributed by atoms with Gasteiger partial charge in [-0.15, -0.1) is 0 Å². The minimum atomic E-state index is 0.0568. The minimum absolute atomic E-state index is 0.0568. The highest BCUT2D eigenvalue weighted by atomic mass is 32.2. The van der Waals surface area contributed by atoms with E-state index in [2.05, 4.69) is 9.78 Å². The van der Waals surface area contributed by atoms with E-state index in [0.29, 0.717) is 6.04 Å². The highest BCUT2D eigenvalue weighted by molar-refractivity contribution is 7.99. The number of carbonyl (C=O) groups is 1. The third-order valence-electron chi connectivity index (χ3n) is 4.38. The highest BCUT2D eigenvalue weighted by Crippen LogP contribution is 2.42. The molecule has 4 nitrogen and oxygen atoms in total. The van der Waals surface area contributed by atoms with Crippen LogP contribution in [0, 0.1) is 13.8 Å². The Morgan fingerprint density at radius 2 is 2.37 bits per heavy atom. The van der Waals surface area contributed by atoms with E-state index in [-0.39, 0.29) is 5.60 Å². The summed E-state index contributed by atoms with van der Waals surface area (Å²) in [6.07, 6.45) is 4.09. The van der Waals surface area contributed by atoms with E-state index in [1.54, 1.807) is 0 Å². The molecule has 2 fully saturated rings.